The van der Waals surface area contributed by atoms with Gasteiger partial charge in [-0.3, -0.25) is 9.69 Å². The Hall–Kier alpha value is -2.08. The molecule has 19 heavy (non-hydrogen) atoms. The Bertz CT molecular complexity index is 486. The van der Waals surface area contributed by atoms with Crippen molar-refractivity contribution in [3.8, 4) is 0 Å². The summed E-state index contributed by atoms with van der Waals surface area (Å²) in [6.45, 7) is 0.428. The van der Waals surface area contributed by atoms with E-state index in [0.717, 1.165) is 0 Å². The van der Waals surface area contributed by atoms with Crippen molar-refractivity contribution in [2.24, 2.45) is 0 Å². The summed E-state index contributed by atoms with van der Waals surface area (Å²) < 4.78 is 5.30. The molecular weight excluding hydrogens is 248 g/mol. The first-order valence-corrected chi connectivity index (χ1v) is 5.97. The minimum absolute atomic E-state index is 0.312. The average molecular weight is 264 g/mol. The second kappa shape index (κ2) is 5.27. The molecule has 1 fully saturated rings. The van der Waals surface area contributed by atoms with Crippen molar-refractivity contribution < 1.29 is 19.4 Å². The molecule has 0 radical (unpaired) electrons. The maximum Gasteiger partial charge on any atom is 0.338 e. The zero-order chi connectivity index (χ0) is 14.0. The highest BCUT2D eigenvalue weighted by Gasteiger charge is 2.36. The molecule has 102 valence electrons. The third-order valence-corrected chi connectivity index (χ3v) is 3.21. The molecule has 0 spiro atoms. The van der Waals surface area contributed by atoms with E-state index in [9.17, 15) is 9.59 Å². The molecule has 0 bridgehead atoms. The van der Waals surface area contributed by atoms with Gasteiger partial charge in [0.2, 0.25) is 0 Å². The molecule has 2 unspecified atom stereocenters. The van der Waals surface area contributed by atoms with Crippen LogP contribution in [-0.2, 0) is 9.53 Å². The van der Waals surface area contributed by atoms with Gasteiger partial charge in [-0.1, -0.05) is 0 Å². The van der Waals surface area contributed by atoms with E-state index in [4.69, 9.17) is 15.6 Å². The van der Waals surface area contributed by atoms with Gasteiger partial charge >= 0.3 is 11.9 Å². The monoisotopic (exact) mass is 264 g/mol. The van der Waals surface area contributed by atoms with Gasteiger partial charge in [-0.2, -0.15) is 0 Å². The van der Waals surface area contributed by atoms with Crippen LogP contribution in [-0.4, -0.2) is 47.7 Å². The van der Waals surface area contributed by atoms with Crippen LogP contribution in [0.15, 0.2) is 24.3 Å². The van der Waals surface area contributed by atoms with Crippen LogP contribution in [0.5, 0.6) is 0 Å². The maximum absolute atomic E-state index is 11.9. The summed E-state index contributed by atoms with van der Waals surface area (Å²) in [6, 6.07) is 5.83. The number of ether oxygens (including phenoxy) is 1. The second-order valence-electron chi connectivity index (χ2n) is 4.68. The van der Waals surface area contributed by atoms with Crippen LogP contribution in [0.4, 0.5) is 5.69 Å². The van der Waals surface area contributed by atoms with Crippen molar-refractivity contribution in [3.05, 3.63) is 29.8 Å². The number of carbonyl (C=O) groups is 2. The fourth-order valence-corrected chi connectivity index (χ4v) is 2.17. The molecule has 1 aliphatic rings. The largest absolute Gasteiger partial charge is 0.480 e. The molecule has 0 amide bonds. The lowest BCUT2D eigenvalue weighted by Gasteiger charge is -2.13. The highest BCUT2D eigenvalue weighted by Crippen LogP contribution is 2.20. The van der Waals surface area contributed by atoms with Crippen LogP contribution in [0, 0.1) is 0 Å². The number of carbonyl (C=O) groups excluding carboxylic acids is 1. The smallest absolute Gasteiger partial charge is 0.338 e. The number of esters is 1. The van der Waals surface area contributed by atoms with Crippen LogP contribution >= 0.6 is 0 Å². The number of nitrogen functional groups attached to an aromatic ring is 1. The van der Waals surface area contributed by atoms with Crippen molar-refractivity contribution in [3.63, 3.8) is 0 Å². The summed E-state index contributed by atoms with van der Waals surface area (Å²) in [4.78, 5) is 24.5. The van der Waals surface area contributed by atoms with Gasteiger partial charge in [-0.15, -0.1) is 0 Å². The van der Waals surface area contributed by atoms with Crippen LogP contribution in [0.25, 0.3) is 0 Å². The number of benzene rings is 1. The molecule has 6 nitrogen and oxygen atoms in total. The Morgan fingerprint density at radius 2 is 2.00 bits per heavy atom. The zero-order valence-corrected chi connectivity index (χ0v) is 10.6. The predicted octanol–water partition coefficient (Wildman–Crippen LogP) is 0.583. The highest BCUT2D eigenvalue weighted by atomic mass is 16.5. The highest BCUT2D eigenvalue weighted by molar-refractivity contribution is 5.90. The molecule has 0 saturated carbocycles. The number of likely N-dealkylation sites (tertiary alicyclic amines) is 1. The lowest BCUT2D eigenvalue weighted by atomic mass is 10.2. The number of aliphatic carboxylic acids is 1. The lowest BCUT2D eigenvalue weighted by molar-refractivity contribution is -0.141. The van der Waals surface area contributed by atoms with Gasteiger partial charge in [0.05, 0.1) is 5.56 Å². The first-order chi connectivity index (χ1) is 8.97. The summed E-state index contributed by atoms with van der Waals surface area (Å²) >= 11 is 0. The number of hydrogen-bond donors (Lipinski definition) is 2. The van der Waals surface area contributed by atoms with E-state index in [0.29, 0.717) is 24.2 Å². The molecular formula is C13H16N2O4. The first kappa shape index (κ1) is 13.4. The van der Waals surface area contributed by atoms with E-state index in [1.165, 1.54) is 0 Å². The maximum atomic E-state index is 11.9. The molecule has 0 aromatic heterocycles. The van der Waals surface area contributed by atoms with E-state index in [1.54, 1.807) is 36.2 Å². The second-order valence-corrected chi connectivity index (χ2v) is 4.68. The van der Waals surface area contributed by atoms with Crippen LogP contribution in [0.3, 0.4) is 0 Å². The fourth-order valence-electron chi connectivity index (χ4n) is 2.17. The van der Waals surface area contributed by atoms with Crippen LogP contribution < -0.4 is 5.73 Å². The minimum atomic E-state index is -0.895. The number of carboxylic acids is 1. The summed E-state index contributed by atoms with van der Waals surface area (Å²) in [5.74, 6) is -1.35. The van der Waals surface area contributed by atoms with E-state index < -0.39 is 24.1 Å². The standard InChI is InChI=1S/C13H16N2O4/c1-15-7-10(6-11(15)12(16)17)19-13(18)8-2-4-9(14)5-3-8/h2-5,10-11H,6-7,14H2,1H3,(H,16,17). The van der Waals surface area contributed by atoms with Gasteiger partial charge in [0.25, 0.3) is 0 Å². The average Bonchev–Trinajstić information content (AvgIpc) is 2.71. The number of likely N-dealkylation sites (N-methyl/N-ethyl adjacent to an activating group) is 1. The summed E-state index contributed by atoms with van der Waals surface area (Å²) in [5.41, 5.74) is 6.52. The van der Waals surface area contributed by atoms with Crippen molar-refractivity contribution >= 4 is 17.6 Å². The molecule has 1 aliphatic heterocycles. The summed E-state index contributed by atoms with van der Waals surface area (Å²) in [6.07, 6.45) is -0.0804. The Kier molecular flexibility index (Phi) is 3.71. The molecule has 2 rings (SSSR count). The molecule has 0 aliphatic carbocycles. The van der Waals surface area contributed by atoms with Gasteiger partial charge in [0.1, 0.15) is 12.1 Å². The normalized spacial score (nSPS) is 23.2. The first-order valence-electron chi connectivity index (χ1n) is 5.97. The number of nitrogens with zero attached hydrogens (tertiary/aromatic N) is 1. The Morgan fingerprint density at radius 1 is 1.37 bits per heavy atom. The van der Waals surface area contributed by atoms with Crippen LogP contribution in [0.2, 0.25) is 0 Å². The Balaban J connectivity index is 1.97. The van der Waals surface area contributed by atoms with E-state index >= 15 is 0 Å². The fraction of sp³-hybridized carbons (Fsp3) is 0.385. The molecule has 2 atom stereocenters. The topological polar surface area (TPSA) is 92.9 Å². The van der Waals surface area contributed by atoms with Gasteiger partial charge in [-0.05, 0) is 31.3 Å². The third kappa shape index (κ3) is 3.03. The molecule has 1 aromatic rings. The molecule has 1 aromatic carbocycles. The number of anilines is 1. The summed E-state index contributed by atoms with van der Waals surface area (Å²) in [7, 11) is 1.70. The van der Waals surface area contributed by atoms with Crippen molar-refractivity contribution in [2.75, 3.05) is 19.3 Å². The van der Waals surface area contributed by atoms with Crippen molar-refractivity contribution in [2.45, 2.75) is 18.6 Å². The summed E-state index contributed by atoms with van der Waals surface area (Å²) in [5, 5.41) is 8.99. The number of hydrogen-bond acceptors (Lipinski definition) is 5. The van der Waals surface area contributed by atoms with Crippen LogP contribution in [0.1, 0.15) is 16.8 Å². The minimum Gasteiger partial charge on any atom is -0.480 e. The van der Waals surface area contributed by atoms with Gasteiger partial charge in [-0.25, -0.2) is 4.79 Å². The van der Waals surface area contributed by atoms with Crippen molar-refractivity contribution in [1.82, 2.24) is 4.90 Å². The molecule has 1 saturated heterocycles. The number of nitrogens with two attached hydrogens (primary N) is 1. The van der Waals surface area contributed by atoms with Gasteiger partial charge in [0.15, 0.2) is 0 Å². The van der Waals surface area contributed by atoms with E-state index in [2.05, 4.69) is 0 Å². The number of rotatable bonds is 3. The van der Waals surface area contributed by atoms with E-state index in [-0.39, 0.29) is 0 Å². The third-order valence-electron chi connectivity index (χ3n) is 3.21. The molecule has 1 heterocycles. The van der Waals surface area contributed by atoms with E-state index in [1.807, 2.05) is 0 Å². The van der Waals surface area contributed by atoms with Gasteiger partial charge in [0, 0.05) is 18.7 Å². The molecule has 6 heteroatoms. The lowest BCUT2D eigenvalue weighted by Crippen LogP contribution is -2.32. The predicted molar refractivity (Wildman–Crippen MR) is 68.7 cm³/mol. The SMILES string of the molecule is CN1CC(OC(=O)c2ccc(N)cc2)CC1C(=O)O. The molecule has 3 N–H and O–H groups in total. The van der Waals surface area contributed by atoms with Gasteiger partial charge < -0.3 is 15.6 Å². The Labute approximate surface area is 110 Å². The Morgan fingerprint density at radius 3 is 2.53 bits per heavy atom. The zero-order valence-electron chi connectivity index (χ0n) is 10.6. The van der Waals surface area contributed by atoms with Crippen molar-refractivity contribution in [1.29, 1.82) is 0 Å². The number of carboxylic acid groups (broad SMARTS) is 1. The quantitative estimate of drug-likeness (QED) is 0.613.